The molecule has 0 saturated carbocycles. The summed E-state index contributed by atoms with van der Waals surface area (Å²) in [6, 6.07) is 23.1. The number of aliphatic imine (C=N–C) groups is 1. The van der Waals surface area contributed by atoms with E-state index in [0.717, 1.165) is 12.1 Å². The smallest absolute Gasteiger partial charge is 0.313 e. The second-order valence-electron chi connectivity index (χ2n) is 6.46. The third kappa shape index (κ3) is 4.60. The van der Waals surface area contributed by atoms with E-state index in [0.29, 0.717) is 16.3 Å². The van der Waals surface area contributed by atoms with E-state index in [1.54, 1.807) is 6.92 Å². The van der Waals surface area contributed by atoms with Crippen LogP contribution in [0.1, 0.15) is 12.5 Å². The average Bonchev–Trinajstić information content (AvgIpc) is 2.69. The van der Waals surface area contributed by atoms with Gasteiger partial charge in [0.2, 0.25) is 0 Å². The number of hydrogen-bond donors (Lipinski definition) is 0. The van der Waals surface area contributed by atoms with Crippen LogP contribution in [0.4, 0.5) is 18.9 Å². The maximum absolute atomic E-state index is 14.0. The van der Waals surface area contributed by atoms with E-state index in [9.17, 15) is 17.7 Å². The topological polar surface area (TPSA) is 29.4 Å². The fourth-order valence-corrected chi connectivity index (χ4v) is 5.68. The zero-order valence-electron chi connectivity index (χ0n) is 15.2. The molecule has 0 aromatic heterocycles. The lowest BCUT2D eigenvalue weighted by molar-refractivity contribution is -0.137. The van der Waals surface area contributed by atoms with Crippen LogP contribution in [-0.2, 0) is 10.7 Å². The Balaban J connectivity index is 1.98. The van der Waals surface area contributed by atoms with Gasteiger partial charge in [-0.25, -0.2) is 0 Å². The second-order valence-corrected chi connectivity index (χ2v) is 9.29. The summed E-state index contributed by atoms with van der Waals surface area (Å²) in [5, 5.41) is 1.39. The fraction of sp³-hybridized carbons (Fsp3) is 0.136. The third-order valence-electron chi connectivity index (χ3n) is 4.29. The van der Waals surface area contributed by atoms with Gasteiger partial charge in [-0.05, 0) is 25.1 Å². The zero-order chi connectivity index (χ0) is 20.2. The highest BCUT2D eigenvalue weighted by atomic mass is 31.2. The Morgan fingerprint density at radius 1 is 0.857 bits per heavy atom. The molecule has 0 radical (unpaired) electrons. The van der Waals surface area contributed by atoms with E-state index in [4.69, 9.17) is 0 Å². The van der Waals surface area contributed by atoms with Crippen LogP contribution in [0.2, 0.25) is 0 Å². The molecule has 144 valence electrons. The first kappa shape index (κ1) is 20.1. The first-order valence-corrected chi connectivity index (χ1v) is 10.6. The van der Waals surface area contributed by atoms with Crippen LogP contribution in [0.15, 0.2) is 89.9 Å². The van der Waals surface area contributed by atoms with Gasteiger partial charge in [-0.2, -0.15) is 13.2 Å². The van der Waals surface area contributed by atoms with E-state index >= 15 is 0 Å². The lowest BCUT2D eigenvalue weighted by Crippen LogP contribution is -2.21. The lowest BCUT2D eigenvalue weighted by atomic mass is 10.2. The number of halogens is 3. The van der Waals surface area contributed by atoms with Gasteiger partial charge in [-0.1, -0.05) is 66.7 Å². The van der Waals surface area contributed by atoms with E-state index in [-0.39, 0.29) is 11.8 Å². The largest absolute Gasteiger partial charge is 0.416 e. The van der Waals surface area contributed by atoms with Crippen molar-refractivity contribution in [1.82, 2.24) is 0 Å². The van der Waals surface area contributed by atoms with Crippen molar-refractivity contribution in [2.75, 3.05) is 6.16 Å². The first-order chi connectivity index (χ1) is 13.3. The highest BCUT2D eigenvalue weighted by molar-refractivity contribution is 7.79. The normalized spacial score (nSPS) is 12.8. The SMILES string of the molecule is CC(CP(=O)(c1ccccc1)c1ccccc1)=Nc1cccc(C(F)(F)F)c1. The summed E-state index contributed by atoms with van der Waals surface area (Å²) in [4.78, 5) is 4.31. The van der Waals surface area contributed by atoms with Gasteiger partial charge in [-0.3, -0.25) is 4.99 Å². The molecular formula is C22H19F3NOP. The minimum absolute atomic E-state index is 0.150. The number of hydrogen-bond acceptors (Lipinski definition) is 2. The molecule has 0 atom stereocenters. The fourth-order valence-electron chi connectivity index (χ4n) is 3.00. The molecule has 0 aliphatic carbocycles. The molecule has 6 heteroatoms. The molecule has 0 amide bonds. The first-order valence-electron chi connectivity index (χ1n) is 8.71. The Kier molecular flexibility index (Phi) is 5.85. The van der Waals surface area contributed by atoms with Gasteiger partial charge in [0.25, 0.3) is 0 Å². The molecule has 3 rings (SSSR count). The van der Waals surface area contributed by atoms with Crippen LogP contribution in [0.3, 0.4) is 0 Å². The molecule has 0 unspecified atom stereocenters. The Hall–Kier alpha value is -2.65. The summed E-state index contributed by atoms with van der Waals surface area (Å²) in [5.74, 6) is 0. The highest BCUT2D eigenvalue weighted by Gasteiger charge is 2.31. The van der Waals surface area contributed by atoms with Crippen LogP contribution in [0, 0.1) is 0 Å². The predicted octanol–water partition coefficient (Wildman–Crippen LogP) is 5.81. The lowest BCUT2D eigenvalue weighted by Gasteiger charge is -2.19. The highest BCUT2D eigenvalue weighted by Crippen LogP contribution is 2.43. The van der Waals surface area contributed by atoms with Gasteiger partial charge in [0.1, 0.15) is 7.14 Å². The predicted molar refractivity (Wildman–Crippen MR) is 109 cm³/mol. The molecule has 0 bridgehead atoms. The second kappa shape index (κ2) is 8.15. The summed E-state index contributed by atoms with van der Waals surface area (Å²) in [6.45, 7) is 1.69. The maximum atomic E-state index is 14.0. The van der Waals surface area contributed by atoms with Crippen LogP contribution >= 0.6 is 7.14 Å². The Morgan fingerprint density at radius 2 is 1.39 bits per heavy atom. The number of nitrogens with zero attached hydrogens (tertiary/aromatic N) is 1. The molecule has 0 spiro atoms. The summed E-state index contributed by atoms with van der Waals surface area (Å²) in [5.41, 5.74) is -0.0498. The third-order valence-corrected chi connectivity index (χ3v) is 7.46. The van der Waals surface area contributed by atoms with E-state index in [1.807, 2.05) is 60.7 Å². The minimum Gasteiger partial charge on any atom is -0.313 e. The van der Waals surface area contributed by atoms with Crippen molar-refractivity contribution in [1.29, 1.82) is 0 Å². The zero-order valence-corrected chi connectivity index (χ0v) is 16.1. The Morgan fingerprint density at radius 3 is 1.89 bits per heavy atom. The van der Waals surface area contributed by atoms with Crippen LogP contribution in [0.25, 0.3) is 0 Å². The van der Waals surface area contributed by atoms with E-state index < -0.39 is 18.9 Å². The van der Waals surface area contributed by atoms with Crippen molar-refractivity contribution < 1.29 is 17.7 Å². The van der Waals surface area contributed by atoms with E-state index in [2.05, 4.69) is 4.99 Å². The number of benzene rings is 3. The molecule has 0 fully saturated rings. The molecule has 0 heterocycles. The molecule has 3 aromatic rings. The molecule has 2 nitrogen and oxygen atoms in total. The molecule has 0 saturated heterocycles. The molecule has 0 N–H and O–H groups in total. The average molecular weight is 401 g/mol. The van der Waals surface area contributed by atoms with Crippen molar-refractivity contribution in [3.63, 3.8) is 0 Å². The summed E-state index contributed by atoms with van der Waals surface area (Å²) in [6.07, 6.45) is -4.28. The molecule has 0 aliphatic rings. The minimum atomic E-state index is -4.43. The molecular weight excluding hydrogens is 382 g/mol. The Bertz CT molecular complexity index is 971. The summed E-state index contributed by atoms with van der Waals surface area (Å²) in [7, 11) is -3.01. The quantitative estimate of drug-likeness (QED) is 0.392. The monoisotopic (exact) mass is 401 g/mol. The van der Waals surface area contributed by atoms with Crippen molar-refractivity contribution in [3.05, 3.63) is 90.5 Å². The summed E-state index contributed by atoms with van der Waals surface area (Å²) < 4.78 is 52.8. The van der Waals surface area contributed by atoms with Gasteiger partial charge < -0.3 is 4.57 Å². The van der Waals surface area contributed by atoms with Crippen LogP contribution < -0.4 is 10.6 Å². The van der Waals surface area contributed by atoms with Crippen LogP contribution in [-0.4, -0.2) is 11.9 Å². The van der Waals surface area contributed by atoms with Crippen molar-refractivity contribution in [2.24, 2.45) is 4.99 Å². The number of rotatable bonds is 5. The van der Waals surface area contributed by atoms with Gasteiger partial charge in [-0.15, -0.1) is 0 Å². The van der Waals surface area contributed by atoms with E-state index in [1.165, 1.54) is 12.1 Å². The Labute approximate surface area is 162 Å². The summed E-state index contributed by atoms with van der Waals surface area (Å²) >= 11 is 0. The van der Waals surface area contributed by atoms with Gasteiger partial charge in [0.05, 0.1) is 11.3 Å². The standard InChI is InChI=1S/C22H19F3NOP/c1-17(26-19-10-8-9-18(15-19)22(23,24)25)16-28(27,20-11-4-2-5-12-20)21-13-6-3-7-14-21/h2-15H,16H2,1H3. The van der Waals surface area contributed by atoms with Crippen molar-refractivity contribution >= 4 is 29.2 Å². The number of alkyl halides is 3. The van der Waals surface area contributed by atoms with Gasteiger partial charge in [0, 0.05) is 22.5 Å². The molecule has 3 aromatic carbocycles. The molecule has 0 aliphatic heterocycles. The van der Waals surface area contributed by atoms with Gasteiger partial charge >= 0.3 is 6.18 Å². The maximum Gasteiger partial charge on any atom is 0.416 e. The molecule has 28 heavy (non-hydrogen) atoms. The van der Waals surface area contributed by atoms with Crippen molar-refractivity contribution in [2.45, 2.75) is 13.1 Å². The van der Waals surface area contributed by atoms with Gasteiger partial charge in [0.15, 0.2) is 0 Å². The van der Waals surface area contributed by atoms with Crippen molar-refractivity contribution in [3.8, 4) is 0 Å². The van der Waals surface area contributed by atoms with Crippen LogP contribution in [0.5, 0.6) is 0 Å².